The highest BCUT2D eigenvalue weighted by Crippen LogP contribution is 2.12. The zero-order chi connectivity index (χ0) is 15.1. The van der Waals surface area contributed by atoms with Gasteiger partial charge in [0.15, 0.2) is 0 Å². The molecule has 0 unspecified atom stereocenters. The fourth-order valence-corrected chi connectivity index (χ4v) is 1.62. The predicted molar refractivity (Wildman–Crippen MR) is 79.1 cm³/mol. The highest BCUT2D eigenvalue weighted by atomic mass is 16.2. The van der Waals surface area contributed by atoms with Gasteiger partial charge in [-0.15, -0.1) is 0 Å². The van der Waals surface area contributed by atoms with Crippen LogP contribution in [0, 0.1) is 0 Å². The largest absolute Gasteiger partial charge is 0.402 e. The number of hydrogen-bond donors (Lipinski definition) is 3. The molecule has 0 aliphatic rings. The third-order valence-corrected chi connectivity index (χ3v) is 2.55. The minimum absolute atomic E-state index is 0.222. The summed E-state index contributed by atoms with van der Waals surface area (Å²) < 4.78 is 1.65. The molecule has 108 valence electrons. The number of carbonyl (C=O) groups is 2. The summed E-state index contributed by atoms with van der Waals surface area (Å²) in [7, 11) is 1.74. The minimum atomic E-state index is -0.232. The van der Waals surface area contributed by atoms with Gasteiger partial charge in [-0.2, -0.15) is 0 Å². The van der Waals surface area contributed by atoms with E-state index < -0.39 is 0 Å². The van der Waals surface area contributed by atoms with Crippen molar-refractivity contribution in [3.8, 4) is 0 Å². The van der Waals surface area contributed by atoms with Crippen LogP contribution in [0.1, 0.15) is 23.8 Å². The molecule has 2 amide bonds. The van der Waals surface area contributed by atoms with Gasteiger partial charge in [-0.25, -0.2) is 0 Å². The Labute approximate surface area is 118 Å². The Morgan fingerprint density at radius 1 is 1.50 bits per heavy atom. The smallest absolute Gasteiger partial charge is 0.267 e. The summed E-state index contributed by atoms with van der Waals surface area (Å²) in [5.41, 5.74) is 6.99. The van der Waals surface area contributed by atoms with Crippen LogP contribution in [0.2, 0.25) is 0 Å². The minimum Gasteiger partial charge on any atom is -0.402 e. The third-order valence-electron chi connectivity index (χ3n) is 2.55. The summed E-state index contributed by atoms with van der Waals surface area (Å²) >= 11 is 0. The van der Waals surface area contributed by atoms with Crippen LogP contribution in [0.25, 0.3) is 0 Å². The van der Waals surface area contributed by atoms with Gasteiger partial charge in [-0.05, 0) is 19.1 Å². The van der Waals surface area contributed by atoms with Crippen LogP contribution >= 0.6 is 0 Å². The summed E-state index contributed by atoms with van der Waals surface area (Å²) in [6.45, 7) is 5.75. The first-order valence-corrected chi connectivity index (χ1v) is 6.25. The zero-order valence-corrected chi connectivity index (χ0v) is 11.8. The number of amides is 2. The normalized spacial score (nSPS) is 10.5. The average Bonchev–Trinajstić information content (AvgIpc) is 2.69. The molecule has 0 aliphatic carbocycles. The van der Waals surface area contributed by atoms with Crippen molar-refractivity contribution in [3.63, 3.8) is 0 Å². The van der Waals surface area contributed by atoms with E-state index in [9.17, 15) is 9.59 Å². The fourth-order valence-electron chi connectivity index (χ4n) is 1.62. The van der Waals surface area contributed by atoms with Crippen LogP contribution in [0.5, 0.6) is 0 Å². The second-order valence-corrected chi connectivity index (χ2v) is 4.38. The molecule has 1 aromatic heterocycles. The molecule has 1 rings (SSSR count). The van der Waals surface area contributed by atoms with Gasteiger partial charge < -0.3 is 20.9 Å². The maximum atomic E-state index is 11.9. The Bertz CT molecular complexity index is 543. The van der Waals surface area contributed by atoms with E-state index in [4.69, 9.17) is 5.73 Å². The molecule has 0 aromatic carbocycles. The highest BCUT2D eigenvalue weighted by Gasteiger charge is 2.12. The molecule has 0 radical (unpaired) electrons. The first-order chi connectivity index (χ1) is 9.43. The van der Waals surface area contributed by atoms with Gasteiger partial charge in [0.2, 0.25) is 5.91 Å². The number of nitrogens with two attached hydrogens (primary N) is 1. The summed E-state index contributed by atoms with van der Waals surface area (Å²) in [5.74, 6) is -0.454. The number of nitrogens with zero attached hydrogens (tertiary/aromatic N) is 1. The van der Waals surface area contributed by atoms with Gasteiger partial charge in [-0.1, -0.05) is 12.7 Å². The molecule has 1 heterocycles. The van der Waals surface area contributed by atoms with Crippen LogP contribution in [0.3, 0.4) is 0 Å². The van der Waals surface area contributed by atoms with Crippen molar-refractivity contribution in [2.75, 3.05) is 11.9 Å². The van der Waals surface area contributed by atoms with E-state index in [0.717, 1.165) is 0 Å². The van der Waals surface area contributed by atoms with Crippen molar-refractivity contribution < 1.29 is 9.59 Å². The average molecular weight is 276 g/mol. The first kappa shape index (κ1) is 15.6. The molecule has 0 saturated carbocycles. The summed E-state index contributed by atoms with van der Waals surface area (Å²) in [6.07, 6.45) is 5.27. The zero-order valence-electron chi connectivity index (χ0n) is 11.8. The summed E-state index contributed by atoms with van der Waals surface area (Å²) in [5, 5.41) is 5.41. The van der Waals surface area contributed by atoms with Gasteiger partial charge in [-0.3, -0.25) is 9.59 Å². The summed E-state index contributed by atoms with van der Waals surface area (Å²) in [6, 6.07) is 1.62. The SMILES string of the molecule is C=C(N)CCNC(=O)c1cc(NC(=O)/C=C/C)cn1C. The molecule has 0 saturated heterocycles. The lowest BCUT2D eigenvalue weighted by Gasteiger charge is -2.05. The van der Waals surface area contributed by atoms with Gasteiger partial charge in [0, 0.05) is 31.9 Å². The number of aryl methyl sites for hydroxylation is 1. The van der Waals surface area contributed by atoms with Crippen LogP contribution in [-0.4, -0.2) is 22.9 Å². The molecule has 20 heavy (non-hydrogen) atoms. The Hall–Kier alpha value is -2.50. The quantitative estimate of drug-likeness (QED) is 0.680. The number of carbonyl (C=O) groups excluding carboxylic acids is 2. The Morgan fingerprint density at radius 2 is 2.20 bits per heavy atom. The Balaban J connectivity index is 2.67. The molecular weight excluding hydrogens is 256 g/mol. The van der Waals surface area contributed by atoms with E-state index in [1.807, 2.05) is 0 Å². The molecule has 0 atom stereocenters. The third kappa shape index (κ3) is 4.64. The second-order valence-electron chi connectivity index (χ2n) is 4.38. The summed E-state index contributed by atoms with van der Waals surface area (Å²) in [4.78, 5) is 23.4. The maximum absolute atomic E-state index is 11.9. The van der Waals surface area contributed by atoms with Crippen molar-refractivity contribution in [3.05, 3.63) is 42.4 Å². The van der Waals surface area contributed by atoms with Gasteiger partial charge >= 0.3 is 0 Å². The number of aromatic nitrogens is 1. The van der Waals surface area contributed by atoms with Crippen LogP contribution in [0.15, 0.2) is 36.7 Å². The number of hydrogen-bond acceptors (Lipinski definition) is 3. The van der Waals surface area contributed by atoms with E-state index in [-0.39, 0.29) is 11.8 Å². The molecule has 6 nitrogen and oxygen atoms in total. The van der Waals surface area contributed by atoms with E-state index in [0.29, 0.717) is 30.0 Å². The van der Waals surface area contributed by atoms with E-state index in [1.54, 1.807) is 36.9 Å². The van der Waals surface area contributed by atoms with E-state index in [1.165, 1.54) is 6.08 Å². The lowest BCUT2D eigenvalue weighted by molar-refractivity contribution is -0.111. The van der Waals surface area contributed by atoms with Crippen molar-refractivity contribution in [1.82, 2.24) is 9.88 Å². The van der Waals surface area contributed by atoms with Crippen molar-refractivity contribution >= 4 is 17.5 Å². The monoisotopic (exact) mass is 276 g/mol. The molecular formula is C14H20N4O2. The molecule has 0 fully saturated rings. The fraction of sp³-hybridized carbons (Fsp3) is 0.286. The lowest BCUT2D eigenvalue weighted by atomic mass is 10.3. The van der Waals surface area contributed by atoms with E-state index >= 15 is 0 Å². The second kappa shape index (κ2) is 7.18. The number of rotatable bonds is 6. The Kier molecular flexibility index (Phi) is 5.58. The number of allylic oxidation sites excluding steroid dienone is 1. The first-order valence-electron chi connectivity index (χ1n) is 6.25. The molecule has 0 spiro atoms. The lowest BCUT2D eigenvalue weighted by Crippen LogP contribution is -2.27. The maximum Gasteiger partial charge on any atom is 0.267 e. The number of anilines is 1. The molecule has 6 heteroatoms. The van der Waals surface area contributed by atoms with E-state index in [2.05, 4.69) is 17.2 Å². The highest BCUT2D eigenvalue weighted by molar-refractivity contribution is 6.00. The van der Waals surface area contributed by atoms with Crippen LogP contribution < -0.4 is 16.4 Å². The van der Waals surface area contributed by atoms with Crippen molar-refractivity contribution in [2.24, 2.45) is 12.8 Å². The Morgan fingerprint density at radius 3 is 2.80 bits per heavy atom. The molecule has 1 aromatic rings. The van der Waals surface area contributed by atoms with Crippen molar-refractivity contribution in [1.29, 1.82) is 0 Å². The van der Waals surface area contributed by atoms with Gasteiger partial charge in [0.05, 0.1) is 5.69 Å². The predicted octanol–water partition coefficient (Wildman–Crippen LogP) is 1.13. The topological polar surface area (TPSA) is 89.2 Å². The van der Waals surface area contributed by atoms with Gasteiger partial charge in [0.25, 0.3) is 5.91 Å². The van der Waals surface area contributed by atoms with Crippen LogP contribution in [0.4, 0.5) is 5.69 Å². The molecule has 0 aliphatic heterocycles. The van der Waals surface area contributed by atoms with Crippen LogP contribution in [-0.2, 0) is 11.8 Å². The number of nitrogens with one attached hydrogen (secondary N) is 2. The standard InChI is InChI=1S/C14H20N4O2/c1-4-5-13(19)17-11-8-12(18(3)9-11)14(20)16-7-6-10(2)15/h4-5,8-9H,2,6-7,15H2,1,3H3,(H,16,20)(H,17,19)/b5-4+. The molecule has 4 N–H and O–H groups in total. The molecule has 0 bridgehead atoms. The van der Waals surface area contributed by atoms with Gasteiger partial charge in [0.1, 0.15) is 5.69 Å². The van der Waals surface area contributed by atoms with Crippen molar-refractivity contribution in [2.45, 2.75) is 13.3 Å².